The number of aromatic nitrogens is 4. The van der Waals surface area contributed by atoms with Crippen molar-refractivity contribution in [2.75, 3.05) is 7.11 Å². The van der Waals surface area contributed by atoms with Crippen molar-refractivity contribution < 1.29 is 9.47 Å². The van der Waals surface area contributed by atoms with E-state index >= 15 is 0 Å². The van der Waals surface area contributed by atoms with E-state index in [9.17, 15) is 0 Å². The van der Waals surface area contributed by atoms with Gasteiger partial charge in [-0.15, -0.1) is 20.1 Å². The molecule has 1 aromatic heterocycles. The van der Waals surface area contributed by atoms with Gasteiger partial charge in [-0.1, -0.05) is 13.8 Å². The molecule has 0 bridgehead atoms. The molecule has 0 amide bonds. The number of hydrogen-bond donors (Lipinski definition) is 1. The van der Waals surface area contributed by atoms with Gasteiger partial charge in [-0.25, -0.2) is 0 Å². The van der Waals surface area contributed by atoms with Crippen LogP contribution in [0.5, 0.6) is 5.75 Å². The molecule has 1 atom stereocenters. The summed E-state index contributed by atoms with van der Waals surface area (Å²) in [5, 5.41) is 16.5. The normalized spacial score (nSPS) is 16.6. The predicted octanol–water partition coefficient (Wildman–Crippen LogP) is 3.00. The first-order chi connectivity index (χ1) is 12.9. The summed E-state index contributed by atoms with van der Waals surface area (Å²) < 4.78 is 11.2. The lowest BCUT2D eigenvalue weighted by Gasteiger charge is -2.24. The quantitative estimate of drug-likeness (QED) is 0.766. The van der Waals surface area contributed by atoms with Crippen molar-refractivity contribution in [1.29, 1.82) is 0 Å². The Morgan fingerprint density at radius 1 is 1.33 bits per heavy atom. The number of rotatable bonds is 8. The minimum absolute atomic E-state index is 0.0307. The molecule has 0 saturated carbocycles. The molecular weight excluding hydrogens is 344 g/mol. The van der Waals surface area contributed by atoms with E-state index < -0.39 is 0 Å². The van der Waals surface area contributed by atoms with Gasteiger partial charge in [0.15, 0.2) is 12.1 Å². The summed E-state index contributed by atoms with van der Waals surface area (Å²) >= 11 is 0. The SMILES string of the molecule is COc1ccc(-n2nnc(C)n2)cc1CCCC(C)(C)CC1=NNC(C)O1. The molecule has 0 saturated heterocycles. The number of nitrogens with zero attached hydrogens (tertiary/aromatic N) is 5. The summed E-state index contributed by atoms with van der Waals surface area (Å²) in [4.78, 5) is 1.55. The molecule has 2 aromatic rings. The summed E-state index contributed by atoms with van der Waals surface area (Å²) in [6.45, 7) is 8.27. The van der Waals surface area contributed by atoms with E-state index in [0.717, 1.165) is 48.6 Å². The number of aryl methyl sites for hydroxylation is 2. The Kier molecular flexibility index (Phi) is 5.62. The Balaban J connectivity index is 1.62. The molecule has 0 spiro atoms. The van der Waals surface area contributed by atoms with Crippen molar-refractivity contribution in [1.82, 2.24) is 25.6 Å². The highest BCUT2D eigenvalue weighted by molar-refractivity contribution is 5.77. The van der Waals surface area contributed by atoms with Crippen LogP contribution in [-0.4, -0.2) is 39.4 Å². The first kappa shape index (κ1) is 19.1. The van der Waals surface area contributed by atoms with Gasteiger partial charge in [0.1, 0.15) is 5.75 Å². The molecule has 27 heavy (non-hydrogen) atoms. The van der Waals surface area contributed by atoms with Gasteiger partial charge in [-0.2, -0.15) is 0 Å². The minimum atomic E-state index is -0.0307. The van der Waals surface area contributed by atoms with E-state index in [1.807, 2.05) is 26.0 Å². The second-order valence-electron chi connectivity index (χ2n) is 7.71. The fraction of sp³-hybridized carbons (Fsp3) is 0.579. The van der Waals surface area contributed by atoms with Crippen LogP contribution in [0.25, 0.3) is 5.69 Å². The van der Waals surface area contributed by atoms with Crippen LogP contribution >= 0.6 is 0 Å². The summed E-state index contributed by atoms with van der Waals surface area (Å²) in [6, 6.07) is 5.97. The van der Waals surface area contributed by atoms with Gasteiger partial charge in [0.2, 0.25) is 5.90 Å². The van der Waals surface area contributed by atoms with Gasteiger partial charge >= 0.3 is 0 Å². The highest BCUT2D eigenvalue weighted by Gasteiger charge is 2.25. The largest absolute Gasteiger partial charge is 0.496 e. The second-order valence-corrected chi connectivity index (χ2v) is 7.71. The van der Waals surface area contributed by atoms with Gasteiger partial charge < -0.3 is 9.47 Å². The molecule has 1 N–H and O–H groups in total. The average Bonchev–Trinajstić information content (AvgIpc) is 3.22. The van der Waals surface area contributed by atoms with Crippen molar-refractivity contribution in [2.24, 2.45) is 10.5 Å². The zero-order valence-electron chi connectivity index (χ0n) is 16.7. The number of hydrogen-bond acceptors (Lipinski definition) is 7. The fourth-order valence-electron chi connectivity index (χ4n) is 3.23. The zero-order chi connectivity index (χ0) is 19.4. The van der Waals surface area contributed by atoms with Crippen LogP contribution in [-0.2, 0) is 11.2 Å². The Morgan fingerprint density at radius 3 is 2.78 bits per heavy atom. The molecule has 0 radical (unpaired) electrons. The van der Waals surface area contributed by atoms with E-state index in [0.29, 0.717) is 5.82 Å². The molecule has 0 fully saturated rings. The molecular formula is C19H28N6O2. The molecule has 1 aliphatic heterocycles. The predicted molar refractivity (Wildman–Crippen MR) is 103 cm³/mol. The van der Waals surface area contributed by atoms with Gasteiger partial charge in [-0.05, 0) is 67.5 Å². The van der Waals surface area contributed by atoms with Crippen molar-refractivity contribution in [3.05, 3.63) is 29.6 Å². The number of ether oxygens (including phenoxy) is 2. The number of nitrogens with one attached hydrogen (secondary N) is 1. The number of methoxy groups -OCH3 is 1. The van der Waals surface area contributed by atoms with Gasteiger partial charge in [0, 0.05) is 6.42 Å². The minimum Gasteiger partial charge on any atom is -0.496 e. The summed E-state index contributed by atoms with van der Waals surface area (Å²) in [5.74, 6) is 2.32. The van der Waals surface area contributed by atoms with Gasteiger partial charge in [0.05, 0.1) is 12.8 Å². The third kappa shape index (κ3) is 4.96. The van der Waals surface area contributed by atoms with Crippen LogP contribution in [0.2, 0.25) is 0 Å². The third-order valence-electron chi connectivity index (χ3n) is 4.62. The highest BCUT2D eigenvalue weighted by atomic mass is 16.5. The van der Waals surface area contributed by atoms with Crippen LogP contribution in [0.3, 0.4) is 0 Å². The van der Waals surface area contributed by atoms with E-state index in [-0.39, 0.29) is 11.6 Å². The topological polar surface area (TPSA) is 86.5 Å². The maximum atomic E-state index is 5.66. The molecule has 1 aromatic carbocycles. The molecule has 8 nitrogen and oxygen atoms in total. The number of hydrazone groups is 1. The third-order valence-corrected chi connectivity index (χ3v) is 4.62. The highest BCUT2D eigenvalue weighted by Crippen LogP contribution is 2.31. The Morgan fingerprint density at radius 2 is 2.15 bits per heavy atom. The molecule has 0 aliphatic carbocycles. The van der Waals surface area contributed by atoms with Crippen molar-refractivity contribution >= 4 is 5.90 Å². The molecule has 1 unspecified atom stereocenters. The van der Waals surface area contributed by atoms with Crippen LogP contribution in [0.4, 0.5) is 0 Å². The van der Waals surface area contributed by atoms with Crippen molar-refractivity contribution in [2.45, 2.75) is 59.6 Å². The number of tetrazole rings is 1. The van der Waals surface area contributed by atoms with Crippen molar-refractivity contribution in [3.63, 3.8) is 0 Å². The van der Waals surface area contributed by atoms with Crippen LogP contribution < -0.4 is 10.2 Å². The summed E-state index contributed by atoms with van der Waals surface area (Å²) in [5.41, 5.74) is 5.09. The first-order valence-corrected chi connectivity index (χ1v) is 9.29. The van der Waals surface area contributed by atoms with Gasteiger partial charge in [-0.3, -0.25) is 5.43 Å². The van der Waals surface area contributed by atoms with Gasteiger partial charge in [0.25, 0.3) is 0 Å². The van der Waals surface area contributed by atoms with E-state index in [2.05, 4.69) is 45.9 Å². The monoisotopic (exact) mass is 372 g/mol. The maximum absolute atomic E-state index is 5.66. The maximum Gasteiger partial charge on any atom is 0.208 e. The van der Waals surface area contributed by atoms with E-state index in [1.165, 1.54) is 0 Å². The lowest BCUT2D eigenvalue weighted by atomic mass is 9.83. The van der Waals surface area contributed by atoms with Crippen LogP contribution in [0, 0.1) is 12.3 Å². The second kappa shape index (κ2) is 7.94. The first-order valence-electron chi connectivity index (χ1n) is 9.29. The average molecular weight is 372 g/mol. The lowest BCUT2D eigenvalue weighted by molar-refractivity contribution is 0.192. The summed E-state index contributed by atoms with van der Waals surface area (Å²) in [6.07, 6.45) is 3.79. The molecule has 8 heteroatoms. The van der Waals surface area contributed by atoms with Crippen molar-refractivity contribution in [3.8, 4) is 11.4 Å². The number of benzene rings is 1. The molecule has 146 valence electrons. The van der Waals surface area contributed by atoms with E-state index in [1.54, 1.807) is 11.9 Å². The zero-order valence-corrected chi connectivity index (χ0v) is 16.7. The standard InChI is InChI=1S/C19H28N6O2/c1-13-20-24-25(23-13)16-8-9-17(26-5)15(11-16)7-6-10-19(3,4)12-18-22-21-14(2)27-18/h8-9,11,14,21H,6-7,10,12H2,1-5H3. The Labute approximate surface area is 159 Å². The fourth-order valence-corrected chi connectivity index (χ4v) is 3.23. The van der Waals surface area contributed by atoms with E-state index in [4.69, 9.17) is 9.47 Å². The van der Waals surface area contributed by atoms with Crippen LogP contribution in [0.1, 0.15) is 51.4 Å². The Hall–Kier alpha value is -2.64. The van der Waals surface area contributed by atoms with Crippen LogP contribution in [0.15, 0.2) is 23.3 Å². The molecule has 2 heterocycles. The lowest BCUT2D eigenvalue weighted by Crippen LogP contribution is -2.20. The summed E-state index contributed by atoms with van der Waals surface area (Å²) in [7, 11) is 1.70. The molecule has 1 aliphatic rings. The smallest absolute Gasteiger partial charge is 0.208 e. The Bertz CT molecular complexity index is 814. The molecule has 3 rings (SSSR count).